The molecule has 0 bridgehead atoms. The highest BCUT2D eigenvalue weighted by molar-refractivity contribution is 7.19. The second-order valence-electron chi connectivity index (χ2n) is 7.70. The van der Waals surface area contributed by atoms with Crippen molar-refractivity contribution in [2.24, 2.45) is 0 Å². The molecule has 6 heteroatoms. The summed E-state index contributed by atoms with van der Waals surface area (Å²) in [6, 6.07) is 25.4. The van der Waals surface area contributed by atoms with Gasteiger partial charge in [0, 0.05) is 6.54 Å². The minimum atomic E-state index is -0.399. The first kappa shape index (κ1) is 20.3. The fourth-order valence-electron chi connectivity index (χ4n) is 4.12. The zero-order valence-corrected chi connectivity index (χ0v) is 18.5. The van der Waals surface area contributed by atoms with Gasteiger partial charge in [0.05, 0.1) is 22.9 Å². The molecular formula is C26H23N3O2S. The Morgan fingerprint density at radius 3 is 2.44 bits per heavy atom. The fraction of sp³-hybridized carbons (Fsp3) is 0.154. The van der Waals surface area contributed by atoms with Crippen molar-refractivity contribution in [3.63, 3.8) is 0 Å². The largest absolute Gasteiger partial charge is 0.509 e. The van der Waals surface area contributed by atoms with Crippen molar-refractivity contribution in [3.05, 3.63) is 101 Å². The number of para-hydroxylation sites is 1. The zero-order chi connectivity index (χ0) is 22.1. The molecule has 1 atom stereocenters. The molecule has 0 spiro atoms. The van der Waals surface area contributed by atoms with Gasteiger partial charge in [-0.2, -0.15) is 0 Å². The molecule has 2 heterocycles. The number of aromatic nitrogens is 1. The van der Waals surface area contributed by atoms with Crippen molar-refractivity contribution in [1.29, 1.82) is 5.41 Å². The van der Waals surface area contributed by atoms with Crippen LogP contribution in [0.4, 0.5) is 0 Å². The Kier molecular flexibility index (Phi) is 5.37. The van der Waals surface area contributed by atoms with Crippen molar-refractivity contribution in [2.75, 3.05) is 13.7 Å². The Morgan fingerprint density at radius 2 is 1.72 bits per heavy atom. The summed E-state index contributed by atoms with van der Waals surface area (Å²) in [5.41, 5.74) is 3.52. The molecule has 1 aromatic heterocycles. The zero-order valence-electron chi connectivity index (χ0n) is 17.7. The summed E-state index contributed by atoms with van der Waals surface area (Å²) in [7, 11) is 1.66. The lowest BCUT2D eigenvalue weighted by atomic mass is 10.0. The quantitative estimate of drug-likeness (QED) is 0.394. The van der Waals surface area contributed by atoms with E-state index in [1.165, 1.54) is 11.3 Å². The summed E-state index contributed by atoms with van der Waals surface area (Å²) in [6.07, 6.45) is 0.746. The summed E-state index contributed by atoms with van der Waals surface area (Å²) < 4.78 is 6.30. The molecule has 0 saturated heterocycles. The molecule has 5 nitrogen and oxygen atoms in total. The van der Waals surface area contributed by atoms with Gasteiger partial charge in [-0.1, -0.05) is 54.6 Å². The third kappa shape index (κ3) is 3.63. The Balaban J connectivity index is 1.50. The standard InChI is InChI=1S/C26H23N3O2S/c1-31-19-13-11-17(12-14-19)15-16-29-23(18-7-3-2-4-8-18)24(30)22(25(29)27)26-28-20-9-5-6-10-21(20)32-26/h2-14,23,27,30H,15-16H2,1H3/t23-/m1/s1. The minimum absolute atomic E-state index is 0.190. The van der Waals surface area contributed by atoms with Gasteiger partial charge in [0.25, 0.3) is 0 Å². The third-order valence-electron chi connectivity index (χ3n) is 5.77. The molecule has 5 rings (SSSR count). The molecule has 3 aromatic carbocycles. The van der Waals surface area contributed by atoms with Crippen molar-refractivity contribution >= 4 is 33.0 Å². The van der Waals surface area contributed by atoms with Crippen LogP contribution in [-0.2, 0) is 6.42 Å². The van der Waals surface area contributed by atoms with Gasteiger partial charge >= 0.3 is 0 Å². The van der Waals surface area contributed by atoms with E-state index in [2.05, 4.69) is 0 Å². The number of amidine groups is 1. The van der Waals surface area contributed by atoms with E-state index in [4.69, 9.17) is 15.1 Å². The topological polar surface area (TPSA) is 69.4 Å². The highest BCUT2D eigenvalue weighted by Crippen LogP contribution is 2.42. The van der Waals surface area contributed by atoms with Gasteiger partial charge in [0.15, 0.2) is 0 Å². The number of benzene rings is 3. The van der Waals surface area contributed by atoms with Crippen LogP contribution < -0.4 is 4.74 Å². The van der Waals surface area contributed by atoms with Crippen LogP contribution >= 0.6 is 11.3 Å². The maximum Gasteiger partial charge on any atom is 0.135 e. The van der Waals surface area contributed by atoms with Crippen LogP contribution in [-0.4, -0.2) is 34.5 Å². The fourth-order valence-corrected chi connectivity index (χ4v) is 5.14. The van der Waals surface area contributed by atoms with Crippen LogP contribution in [0.25, 0.3) is 15.8 Å². The molecule has 4 aromatic rings. The number of aliphatic hydroxyl groups is 1. The van der Waals surface area contributed by atoms with Crippen LogP contribution in [0.1, 0.15) is 22.2 Å². The molecule has 0 radical (unpaired) electrons. The minimum Gasteiger partial charge on any atom is -0.509 e. The molecule has 1 aliphatic rings. The number of rotatable bonds is 6. The van der Waals surface area contributed by atoms with E-state index in [0.717, 1.165) is 33.5 Å². The van der Waals surface area contributed by atoms with Crippen LogP contribution in [0.5, 0.6) is 5.75 Å². The van der Waals surface area contributed by atoms with E-state index in [-0.39, 0.29) is 5.76 Å². The van der Waals surface area contributed by atoms with Crippen LogP contribution in [0.2, 0.25) is 0 Å². The molecule has 0 saturated carbocycles. The van der Waals surface area contributed by atoms with Crippen molar-refractivity contribution < 1.29 is 9.84 Å². The molecule has 2 N–H and O–H groups in total. The third-order valence-corrected chi connectivity index (χ3v) is 6.83. The summed E-state index contributed by atoms with van der Waals surface area (Å²) in [5.74, 6) is 1.32. The molecule has 0 unspecified atom stereocenters. The van der Waals surface area contributed by atoms with Gasteiger partial charge < -0.3 is 14.7 Å². The number of nitrogens with one attached hydrogen (secondary N) is 1. The summed E-state index contributed by atoms with van der Waals surface area (Å²) >= 11 is 1.51. The van der Waals surface area contributed by atoms with Crippen molar-refractivity contribution in [1.82, 2.24) is 9.88 Å². The Labute approximate surface area is 190 Å². The van der Waals surface area contributed by atoms with Gasteiger partial charge in [-0.3, -0.25) is 5.41 Å². The van der Waals surface area contributed by atoms with Crippen molar-refractivity contribution in [2.45, 2.75) is 12.5 Å². The number of nitrogens with zero attached hydrogens (tertiary/aromatic N) is 2. The van der Waals surface area contributed by atoms with Gasteiger partial charge in [-0.05, 0) is 41.8 Å². The molecule has 0 fully saturated rings. The van der Waals surface area contributed by atoms with Gasteiger partial charge in [0.1, 0.15) is 28.4 Å². The van der Waals surface area contributed by atoms with E-state index < -0.39 is 6.04 Å². The van der Waals surface area contributed by atoms with E-state index >= 15 is 0 Å². The molecule has 0 aliphatic carbocycles. The number of aliphatic hydroxyl groups excluding tert-OH is 1. The second kappa shape index (κ2) is 8.48. The highest BCUT2D eigenvalue weighted by Gasteiger charge is 2.39. The summed E-state index contributed by atoms with van der Waals surface area (Å²) in [6.45, 7) is 0.600. The average molecular weight is 442 g/mol. The normalized spacial score (nSPS) is 16.2. The van der Waals surface area contributed by atoms with Crippen LogP contribution in [0, 0.1) is 5.41 Å². The van der Waals surface area contributed by atoms with Crippen molar-refractivity contribution in [3.8, 4) is 5.75 Å². The Bertz CT molecular complexity index is 1260. The first-order chi connectivity index (χ1) is 15.7. The number of methoxy groups -OCH3 is 1. The van der Waals surface area contributed by atoms with Crippen LogP contribution in [0.15, 0.2) is 84.6 Å². The van der Waals surface area contributed by atoms with E-state index in [1.54, 1.807) is 7.11 Å². The number of hydrogen-bond acceptors (Lipinski definition) is 5. The summed E-state index contributed by atoms with van der Waals surface area (Å²) in [4.78, 5) is 6.68. The van der Waals surface area contributed by atoms with E-state index in [0.29, 0.717) is 23.0 Å². The monoisotopic (exact) mass is 441 g/mol. The lowest BCUT2D eigenvalue weighted by molar-refractivity contribution is 0.276. The average Bonchev–Trinajstić information content (AvgIpc) is 3.36. The predicted octanol–water partition coefficient (Wildman–Crippen LogP) is 5.85. The lowest BCUT2D eigenvalue weighted by Gasteiger charge is -2.27. The van der Waals surface area contributed by atoms with Gasteiger partial charge in [-0.25, -0.2) is 4.98 Å². The number of ether oxygens (including phenoxy) is 1. The molecule has 32 heavy (non-hydrogen) atoms. The molecule has 160 valence electrons. The maximum absolute atomic E-state index is 11.3. The highest BCUT2D eigenvalue weighted by atomic mass is 32.1. The van der Waals surface area contributed by atoms with Gasteiger partial charge in [0.2, 0.25) is 0 Å². The number of fused-ring (bicyclic) bond motifs is 1. The molecular weight excluding hydrogens is 418 g/mol. The maximum atomic E-state index is 11.3. The first-order valence-corrected chi connectivity index (χ1v) is 11.3. The second-order valence-corrected chi connectivity index (χ2v) is 8.73. The SMILES string of the molecule is COc1ccc(CCN2C(=N)C(c3nc4ccccc4s3)=C(O)[C@H]2c2ccccc2)cc1. The van der Waals surface area contributed by atoms with E-state index in [1.807, 2.05) is 83.8 Å². The van der Waals surface area contributed by atoms with Crippen LogP contribution in [0.3, 0.4) is 0 Å². The number of hydrogen-bond donors (Lipinski definition) is 2. The Morgan fingerprint density at radius 1 is 1.00 bits per heavy atom. The number of thiazole rings is 1. The van der Waals surface area contributed by atoms with Gasteiger partial charge in [-0.15, -0.1) is 11.3 Å². The lowest BCUT2D eigenvalue weighted by Crippen LogP contribution is -2.31. The summed E-state index contributed by atoms with van der Waals surface area (Å²) in [5, 5.41) is 21.0. The van der Waals surface area contributed by atoms with E-state index in [9.17, 15) is 5.11 Å². The molecule has 0 amide bonds. The first-order valence-electron chi connectivity index (χ1n) is 10.5. The predicted molar refractivity (Wildman–Crippen MR) is 129 cm³/mol. The molecule has 1 aliphatic heterocycles. The Hall–Kier alpha value is -3.64. The smallest absolute Gasteiger partial charge is 0.135 e.